The molecule has 0 radical (unpaired) electrons. The Morgan fingerprint density at radius 2 is 2.08 bits per heavy atom. The fourth-order valence-electron chi connectivity index (χ4n) is 5.43. The van der Waals surface area contributed by atoms with Crippen molar-refractivity contribution in [3.63, 3.8) is 0 Å². The van der Waals surface area contributed by atoms with Crippen molar-refractivity contribution in [3.8, 4) is 11.5 Å². The summed E-state index contributed by atoms with van der Waals surface area (Å²) in [6, 6.07) is 3.38. The van der Waals surface area contributed by atoms with Crippen molar-refractivity contribution < 1.29 is 19.7 Å². The Labute approximate surface area is 148 Å². The van der Waals surface area contributed by atoms with Crippen LogP contribution in [0.4, 0.5) is 0 Å². The predicted molar refractivity (Wildman–Crippen MR) is 94.1 cm³/mol. The van der Waals surface area contributed by atoms with Gasteiger partial charge in [0.05, 0.1) is 11.0 Å². The van der Waals surface area contributed by atoms with E-state index in [1.54, 1.807) is 6.07 Å². The van der Waals surface area contributed by atoms with E-state index < -0.39 is 17.1 Å². The van der Waals surface area contributed by atoms with Crippen LogP contribution in [0.2, 0.25) is 0 Å². The highest BCUT2D eigenvalue weighted by Crippen LogP contribution is 2.62. The van der Waals surface area contributed by atoms with E-state index in [0.717, 1.165) is 11.1 Å². The summed E-state index contributed by atoms with van der Waals surface area (Å²) in [5, 5.41) is 25.9. The van der Waals surface area contributed by atoms with Crippen LogP contribution in [-0.4, -0.2) is 39.3 Å². The van der Waals surface area contributed by atoms with Crippen LogP contribution in [0.15, 0.2) is 12.1 Å². The summed E-state index contributed by atoms with van der Waals surface area (Å²) in [5.41, 5.74) is -0.143. The average molecular weight is 345 g/mol. The molecule has 1 heterocycles. The number of rotatable bonds is 2. The van der Waals surface area contributed by atoms with Gasteiger partial charge in [-0.1, -0.05) is 13.0 Å². The van der Waals surface area contributed by atoms with Gasteiger partial charge in [-0.15, -0.1) is 0 Å². The first-order chi connectivity index (χ1) is 11.6. The zero-order valence-electron chi connectivity index (χ0n) is 15.3. The SMILES string of the molecule is CC[C@]12c3c4ccc(O)c3O[C@H]1C(=O)CC[C@@]2(O)C(NC(C)(C)C)C4. The van der Waals surface area contributed by atoms with E-state index in [0.29, 0.717) is 31.4 Å². The molecule has 1 aromatic carbocycles. The van der Waals surface area contributed by atoms with Gasteiger partial charge < -0.3 is 20.3 Å². The van der Waals surface area contributed by atoms with Crippen molar-refractivity contribution in [2.24, 2.45) is 0 Å². The normalized spacial score (nSPS) is 36.1. The van der Waals surface area contributed by atoms with Crippen LogP contribution in [0.25, 0.3) is 0 Å². The van der Waals surface area contributed by atoms with E-state index >= 15 is 0 Å². The van der Waals surface area contributed by atoms with Gasteiger partial charge in [0.25, 0.3) is 0 Å². The first-order valence-corrected chi connectivity index (χ1v) is 9.19. The van der Waals surface area contributed by atoms with Gasteiger partial charge in [-0.3, -0.25) is 4.79 Å². The highest BCUT2D eigenvalue weighted by atomic mass is 16.5. The molecule has 0 aromatic heterocycles. The average Bonchev–Trinajstić information content (AvgIpc) is 2.90. The number of benzene rings is 1. The second-order valence-corrected chi connectivity index (χ2v) is 8.81. The zero-order valence-corrected chi connectivity index (χ0v) is 15.3. The van der Waals surface area contributed by atoms with Gasteiger partial charge in [0.2, 0.25) is 0 Å². The summed E-state index contributed by atoms with van der Waals surface area (Å²) in [7, 11) is 0. The van der Waals surface area contributed by atoms with Crippen LogP contribution in [0, 0.1) is 0 Å². The molecule has 3 aliphatic rings. The third kappa shape index (κ3) is 1.99. The third-order valence-corrected chi connectivity index (χ3v) is 6.34. The summed E-state index contributed by atoms with van der Waals surface area (Å²) in [6.07, 6.45) is 1.24. The maximum atomic E-state index is 12.7. The number of nitrogens with one attached hydrogen (secondary N) is 1. The van der Waals surface area contributed by atoms with Crippen LogP contribution in [0.1, 0.15) is 58.1 Å². The molecule has 0 saturated heterocycles. The molecule has 5 heteroatoms. The fourth-order valence-corrected chi connectivity index (χ4v) is 5.43. The van der Waals surface area contributed by atoms with Crippen LogP contribution in [0.5, 0.6) is 11.5 Å². The number of phenols is 1. The number of ether oxygens (including phenoxy) is 1. The summed E-state index contributed by atoms with van der Waals surface area (Å²) < 4.78 is 6.00. The second-order valence-electron chi connectivity index (χ2n) is 8.81. The largest absolute Gasteiger partial charge is 0.504 e. The summed E-state index contributed by atoms with van der Waals surface area (Å²) in [6.45, 7) is 8.26. The zero-order chi connectivity index (χ0) is 18.2. The molecular weight excluding hydrogens is 318 g/mol. The van der Waals surface area contributed by atoms with Crippen molar-refractivity contribution in [3.05, 3.63) is 23.3 Å². The van der Waals surface area contributed by atoms with Crippen molar-refractivity contribution >= 4 is 5.78 Å². The molecule has 3 N–H and O–H groups in total. The van der Waals surface area contributed by atoms with Gasteiger partial charge in [-0.25, -0.2) is 0 Å². The molecule has 1 fully saturated rings. The van der Waals surface area contributed by atoms with E-state index in [1.807, 2.05) is 13.0 Å². The minimum absolute atomic E-state index is 0.0180. The van der Waals surface area contributed by atoms with Gasteiger partial charge in [0, 0.05) is 23.6 Å². The quantitative estimate of drug-likeness (QED) is 0.766. The van der Waals surface area contributed by atoms with Gasteiger partial charge >= 0.3 is 0 Å². The minimum Gasteiger partial charge on any atom is -0.504 e. The number of Topliss-reactive ketones (excluding diaryl/α,β-unsaturated/α-hetero) is 1. The molecule has 0 amide bonds. The van der Waals surface area contributed by atoms with E-state index in [9.17, 15) is 15.0 Å². The molecule has 1 saturated carbocycles. The maximum absolute atomic E-state index is 12.7. The highest BCUT2D eigenvalue weighted by molar-refractivity contribution is 5.89. The summed E-state index contributed by atoms with van der Waals surface area (Å²) in [4.78, 5) is 12.7. The third-order valence-electron chi connectivity index (χ3n) is 6.34. The lowest BCUT2D eigenvalue weighted by Crippen LogP contribution is -2.73. The van der Waals surface area contributed by atoms with Crippen LogP contribution in [0.3, 0.4) is 0 Å². The van der Waals surface area contributed by atoms with E-state index in [1.165, 1.54) is 0 Å². The Hall–Kier alpha value is -1.59. The standard InChI is InChI=1S/C20H27NO4/c1-5-19-15-11-6-7-12(22)16(15)25-17(19)13(23)8-9-20(19,24)14(10-11)21-18(2,3)4/h6-7,14,17,21-22,24H,5,8-10H2,1-4H3/t14?,17-,19-,20+/m0/s1. The van der Waals surface area contributed by atoms with Gasteiger partial charge in [-0.05, 0) is 51.7 Å². The van der Waals surface area contributed by atoms with Crippen LogP contribution >= 0.6 is 0 Å². The lowest BCUT2D eigenvalue weighted by molar-refractivity contribution is -0.160. The van der Waals surface area contributed by atoms with E-state index in [4.69, 9.17) is 4.74 Å². The number of aromatic hydroxyl groups is 1. The molecule has 2 aliphatic carbocycles. The van der Waals surface area contributed by atoms with Crippen molar-refractivity contribution in [1.82, 2.24) is 5.32 Å². The number of ketones is 1. The van der Waals surface area contributed by atoms with Crippen LogP contribution < -0.4 is 10.1 Å². The van der Waals surface area contributed by atoms with E-state index in [-0.39, 0.29) is 23.1 Å². The molecule has 5 nitrogen and oxygen atoms in total. The molecular formula is C20H27NO4. The monoisotopic (exact) mass is 345 g/mol. The molecule has 1 aromatic rings. The molecule has 4 rings (SSSR count). The van der Waals surface area contributed by atoms with Crippen molar-refractivity contribution in [2.45, 2.75) is 82.1 Å². The Morgan fingerprint density at radius 1 is 1.36 bits per heavy atom. The summed E-state index contributed by atoms with van der Waals surface area (Å²) >= 11 is 0. The molecule has 0 spiro atoms. The number of aliphatic hydroxyl groups is 1. The maximum Gasteiger partial charge on any atom is 0.174 e. The minimum atomic E-state index is -1.08. The van der Waals surface area contributed by atoms with Gasteiger partial charge in [0.1, 0.15) is 0 Å². The number of phenolic OH excluding ortho intramolecular Hbond substituents is 1. The van der Waals surface area contributed by atoms with Crippen LogP contribution in [-0.2, 0) is 16.6 Å². The second kappa shape index (κ2) is 4.98. The van der Waals surface area contributed by atoms with E-state index in [2.05, 4.69) is 26.1 Å². The van der Waals surface area contributed by atoms with Crippen molar-refractivity contribution in [1.29, 1.82) is 0 Å². The molecule has 0 bridgehead atoms. The number of hydrogen-bond donors (Lipinski definition) is 3. The van der Waals surface area contributed by atoms with Crippen molar-refractivity contribution in [2.75, 3.05) is 0 Å². The van der Waals surface area contributed by atoms with Gasteiger partial charge in [0.15, 0.2) is 23.4 Å². The highest BCUT2D eigenvalue weighted by Gasteiger charge is 2.70. The predicted octanol–water partition coefficient (Wildman–Crippen LogP) is 2.21. The first-order valence-electron chi connectivity index (χ1n) is 9.19. The lowest BCUT2D eigenvalue weighted by Gasteiger charge is -2.57. The smallest absolute Gasteiger partial charge is 0.174 e. The molecule has 4 atom stereocenters. The lowest BCUT2D eigenvalue weighted by atomic mass is 9.51. The molecule has 1 aliphatic heterocycles. The molecule has 25 heavy (non-hydrogen) atoms. The fraction of sp³-hybridized carbons (Fsp3) is 0.650. The van der Waals surface area contributed by atoms with Gasteiger partial charge in [-0.2, -0.15) is 0 Å². The first kappa shape index (κ1) is 16.9. The number of carbonyl (C=O) groups is 1. The Balaban J connectivity index is 1.98. The Morgan fingerprint density at radius 3 is 2.72 bits per heavy atom. The summed E-state index contributed by atoms with van der Waals surface area (Å²) in [5.74, 6) is 0.468. The topological polar surface area (TPSA) is 78.8 Å². The molecule has 136 valence electrons. The Bertz CT molecular complexity index is 753. The number of hydrogen-bond acceptors (Lipinski definition) is 5. The Kier molecular flexibility index (Phi) is 3.36. The molecule has 1 unspecified atom stereocenters. The number of carbonyl (C=O) groups excluding carboxylic acids is 1.